The molecule has 0 aliphatic carbocycles. The number of carbonyl (C=O) groups is 1. The minimum atomic E-state index is -1.85. The summed E-state index contributed by atoms with van der Waals surface area (Å²) in [5, 5.41) is 52.0. The third-order valence-corrected chi connectivity index (χ3v) is 8.27. The molecule has 0 amide bonds. The minimum Gasteiger partial charge on any atom is -0.508 e. The average molecular weight is 633 g/mol. The molecular weight excluding hydrogens is 596 g/mol. The van der Waals surface area contributed by atoms with Crippen LogP contribution < -0.4 is 0 Å². The van der Waals surface area contributed by atoms with Crippen LogP contribution in [0.3, 0.4) is 0 Å². The lowest BCUT2D eigenvalue weighted by molar-refractivity contribution is -0.405. The number of benzene rings is 1. The monoisotopic (exact) mass is 632 g/mol. The number of aryl methyl sites for hydroxylation is 1. The van der Waals surface area contributed by atoms with Gasteiger partial charge < -0.3 is 77.6 Å². The summed E-state index contributed by atoms with van der Waals surface area (Å²) in [5.74, 6) is -3.38. The highest BCUT2D eigenvalue weighted by Gasteiger charge is 2.66. The molecule has 0 bridgehead atoms. The van der Waals surface area contributed by atoms with Crippen molar-refractivity contribution in [3.8, 4) is 11.5 Å². The zero-order chi connectivity index (χ0) is 31.3. The molecule has 5 fully saturated rings. The van der Waals surface area contributed by atoms with Crippen molar-refractivity contribution in [2.75, 3.05) is 40.8 Å². The fourth-order valence-electron chi connectivity index (χ4n) is 6.12. The largest absolute Gasteiger partial charge is 0.508 e. The molecule has 17 nitrogen and oxygen atoms in total. The molecule has 0 aromatic heterocycles. The van der Waals surface area contributed by atoms with Crippen LogP contribution in [0.4, 0.5) is 0 Å². The maximum Gasteiger partial charge on any atom is 0.342 e. The molecule has 1 aromatic carbocycles. The molecule has 5 saturated heterocycles. The number of aliphatic hydroxyl groups excluding tert-OH is 3. The van der Waals surface area contributed by atoms with E-state index in [1.807, 2.05) is 0 Å². The molecule has 5 aliphatic rings. The molecule has 17 heteroatoms. The van der Waals surface area contributed by atoms with Crippen molar-refractivity contribution in [1.82, 2.24) is 0 Å². The molecule has 5 aliphatic heterocycles. The van der Waals surface area contributed by atoms with E-state index in [-0.39, 0.29) is 37.9 Å². The number of ether oxygens (including phenoxy) is 11. The number of rotatable bonds is 7. The van der Waals surface area contributed by atoms with Crippen LogP contribution in [0.15, 0.2) is 12.1 Å². The van der Waals surface area contributed by atoms with Gasteiger partial charge in [-0.05, 0) is 18.6 Å². The number of aliphatic hydroxyl groups is 3. The Hall–Kier alpha value is -2.23. The highest BCUT2D eigenvalue weighted by atomic mass is 16.9. The smallest absolute Gasteiger partial charge is 0.342 e. The molecule has 1 spiro atoms. The number of phenols is 2. The van der Waals surface area contributed by atoms with Crippen molar-refractivity contribution >= 4 is 5.97 Å². The Bertz CT molecular complexity index is 1170. The van der Waals surface area contributed by atoms with E-state index in [1.54, 1.807) is 0 Å². The fraction of sp³-hybridized carbons (Fsp3) is 0.741. The normalized spacial score (nSPS) is 43.5. The van der Waals surface area contributed by atoms with Gasteiger partial charge in [-0.15, -0.1) is 0 Å². The number of methoxy groups -OCH3 is 2. The zero-order valence-corrected chi connectivity index (χ0v) is 24.0. The number of hydrogen-bond acceptors (Lipinski definition) is 17. The van der Waals surface area contributed by atoms with Crippen LogP contribution in [0, 0.1) is 6.92 Å². The van der Waals surface area contributed by atoms with Crippen molar-refractivity contribution in [3.63, 3.8) is 0 Å². The summed E-state index contributed by atoms with van der Waals surface area (Å²) in [6, 6.07) is 2.34. The van der Waals surface area contributed by atoms with E-state index in [9.17, 15) is 30.3 Å². The fourth-order valence-corrected chi connectivity index (χ4v) is 6.12. The first-order chi connectivity index (χ1) is 21.1. The summed E-state index contributed by atoms with van der Waals surface area (Å²) in [6.45, 7) is 0.938. The van der Waals surface area contributed by atoms with Gasteiger partial charge in [0, 0.05) is 20.3 Å². The van der Waals surface area contributed by atoms with Crippen LogP contribution in [0.1, 0.15) is 15.9 Å². The highest BCUT2D eigenvalue weighted by molar-refractivity contribution is 5.94. The molecule has 13 atom stereocenters. The van der Waals surface area contributed by atoms with Gasteiger partial charge in [0.2, 0.25) is 0 Å². The molecule has 6 rings (SSSR count). The Balaban J connectivity index is 1.13. The minimum absolute atomic E-state index is 0.0409. The van der Waals surface area contributed by atoms with Gasteiger partial charge in [-0.25, -0.2) is 4.79 Å². The number of carbonyl (C=O) groups excluding carboxylic acids is 1. The standard InChI is InChI=1S/C27H36O17/c1-10-4-11(28)5-12(29)16(10)24(33)40-14-8-39-27(23-21(14)37-9-38-23)43-15-7-36-25(19(32)20(15)44-27)42-26-22(35-3)18(31)17(30)13(41-26)6-34-2/h4-5,13-15,17-23,25-26,28-32H,6-9H2,1-3H3/t13-,14-,15+,17-,18+,19-,20-,21+,22+,23-,25+,26+,27-/m1/s1. The third kappa shape index (κ3) is 5.55. The molecule has 0 unspecified atom stereocenters. The van der Waals surface area contributed by atoms with Gasteiger partial charge in [0.05, 0.1) is 19.8 Å². The summed E-state index contributed by atoms with van der Waals surface area (Å²) in [7, 11) is 2.72. The van der Waals surface area contributed by atoms with Gasteiger partial charge in [-0.3, -0.25) is 0 Å². The number of hydrogen-bond donors (Lipinski definition) is 5. The van der Waals surface area contributed by atoms with Crippen molar-refractivity contribution in [3.05, 3.63) is 23.3 Å². The first-order valence-corrected chi connectivity index (χ1v) is 14.0. The van der Waals surface area contributed by atoms with Crippen LogP contribution in [0.2, 0.25) is 0 Å². The van der Waals surface area contributed by atoms with Gasteiger partial charge >= 0.3 is 11.9 Å². The number of fused-ring (bicyclic) bond motifs is 3. The first kappa shape index (κ1) is 31.7. The quantitative estimate of drug-likeness (QED) is 0.205. The van der Waals surface area contributed by atoms with E-state index in [0.29, 0.717) is 5.56 Å². The third-order valence-electron chi connectivity index (χ3n) is 8.27. The van der Waals surface area contributed by atoms with Gasteiger partial charge in [0.25, 0.3) is 0 Å². The Labute approximate surface area is 250 Å². The molecular formula is C27H36O17. The number of esters is 1. The van der Waals surface area contributed by atoms with Gasteiger partial charge in [0.1, 0.15) is 72.7 Å². The SMILES string of the molecule is COC[C@H]1O[C@@H](O[C@@H]2OC[C@@H]3O[C@@]4(OC[C@@H](OC(=O)c5c(C)cc(O)cc5O)[C@@H]5OCO[C@H]54)O[C@H]3[C@H]2O)[C@@H](OC)[C@@H](O)[C@@H]1O. The second kappa shape index (κ2) is 12.5. The molecule has 0 radical (unpaired) electrons. The van der Waals surface area contributed by atoms with E-state index in [4.69, 9.17) is 52.1 Å². The topological polar surface area (TPSA) is 220 Å². The summed E-state index contributed by atoms with van der Waals surface area (Å²) >= 11 is 0. The summed E-state index contributed by atoms with van der Waals surface area (Å²) in [4.78, 5) is 13.0. The van der Waals surface area contributed by atoms with E-state index >= 15 is 0 Å². The van der Waals surface area contributed by atoms with Crippen LogP contribution in [-0.4, -0.2) is 152 Å². The first-order valence-electron chi connectivity index (χ1n) is 14.0. The summed E-state index contributed by atoms with van der Waals surface area (Å²) < 4.78 is 62.9. The summed E-state index contributed by atoms with van der Waals surface area (Å²) in [6.07, 6.45) is -13.6. The maximum absolute atomic E-state index is 13.0. The van der Waals surface area contributed by atoms with Crippen molar-refractivity contribution in [2.45, 2.75) is 86.5 Å². The van der Waals surface area contributed by atoms with Crippen LogP contribution in [-0.2, 0) is 52.1 Å². The van der Waals surface area contributed by atoms with Crippen LogP contribution >= 0.6 is 0 Å². The van der Waals surface area contributed by atoms with E-state index in [1.165, 1.54) is 27.2 Å². The molecule has 246 valence electrons. The predicted molar refractivity (Wildman–Crippen MR) is 137 cm³/mol. The van der Waals surface area contributed by atoms with Crippen LogP contribution in [0.25, 0.3) is 0 Å². The second-order valence-corrected chi connectivity index (χ2v) is 11.1. The van der Waals surface area contributed by atoms with Crippen LogP contribution in [0.5, 0.6) is 11.5 Å². The molecule has 44 heavy (non-hydrogen) atoms. The molecule has 5 heterocycles. The molecule has 5 N–H and O–H groups in total. The Morgan fingerprint density at radius 1 is 0.977 bits per heavy atom. The van der Waals surface area contributed by atoms with Gasteiger partial charge in [0.15, 0.2) is 24.8 Å². The highest BCUT2D eigenvalue weighted by Crippen LogP contribution is 2.45. The Kier molecular flexibility index (Phi) is 9.03. The van der Waals surface area contributed by atoms with Gasteiger partial charge in [-0.1, -0.05) is 0 Å². The lowest BCUT2D eigenvalue weighted by Gasteiger charge is -2.44. The Morgan fingerprint density at radius 3 is 2.50 bits per heavy atom. The number of aromatic hydroxyl groups is 2. The summed E-state index contributed by atoms with van der Waals surface area (Å²) in [5.41, 5.74) is 0.172. The van der Waals surface area contributed by atoms with E-state index in [0.717, 1.165) is 6.07 Å². The van der Waals surface area contributed by atoms with Crippen molar-refractivity contribution < 1.29 is 82.4 Å². The zero-order valence-electron chi connectivity index (χ0n) is 24.0. The number of phenolic OH excluding ortho intramolecular Hbond substituents is 2. The van der Waals surface area contributed by atoms with Gasteiger partial charge in [-0.2, -0.15) is 0 Å². The van der Waals surface area contributed by atoms with Crippen molar-refractivity contribution in [2.24, 2.45) is 0 Å². The van der Waals surface area contributed by atoms with E-state index < -0.39 is 91.3 Å². The maximum atomic E-state index is 13.0. The molecule has 0 saturated carbocycles. The predicted octanol–water partition coefficient (Wildman–Crippen LogP) is -2.02. The second-order valence-electron chi connectivity index (χ2n) is 11.1. The lowest BCUT2D eigenvalue weighted by Crippen LogP contribution is -2.62. The molecule has 1 aromatic rings. The Morgan fingerprint density at radius 2 is 1.77 bits per heavy atom. The average Bonchev–Trinajstić information content (AvgIpc) is 3.62. The van der Waals surface area contributed by atoms with E-state index in [2.05, 4.69) is 0 Å². The lowest BCUT2D eigenvalue weighted by atomic mass is 9.99. The van der Waals surface area contributed by atoms with Crippen molar-refractivity contribution in [1.29, 1.82) is 0 Å².